The fourth-order valence-electron chi connectivity index (χ4n) is 2.96. The standard InChI is InChI=1S/C14H26N2O2/c15-12(17)8-4-2-1-3-5-9-14(13(16)18)10-6-7-11-14/h1-11H2,(H2,15,17)(H2,16,18). The molecule has 0 aromatic heterocycles. The summed E-state index contributed by atoms with van der Waals surface area (Å²) in [4.78, 5) is 22.1. The van der Waals surface area contributed by atoms with Crippen LogP contribution in [0.4, 0.5) is 0 Å². The normalized spacial score (nSPS) is 17.8. The van der Waals surface area contributed by atoms with E-state index < -0.39 is 0 Å². The van der Waals surface area contributed by atoms with Gasteiger partial charge in [-0.15, -0.1) is 0 Å². The van der Waals surface area contributed by atoms with Crippen LogP contribution in [0.5, 0.6) is 0 Å². The lowest BCUT2D eigenvalue weighted by Gasteiger charge is -2.24. The Morgan fingerprint density at radius 1 is 0.889 bits per heavy atom. The largest absolute Gasteiger partial charge is 0.370 e. The molecule has 0 spiro atoms. The van der Waals surface area contributed by atoms with Gasteiger partial charge in [0.15, 0.2) is 0 Å². The SMILES string of the molecule is NC(=O)CCCCCCCC1(C(N)=O)CCCC1. The first-order valence-electron chi connectivity index (χ1n) is 7.15. The van der Waals surface area contributed by atoms with E-state index in [9.17, 15) is 9.59 Å². The van der Waals surface area contributed by atoms with Gasteiger partial charge in [-0.2, -0.15) is 0 Å². The number of unbranched alkanes of at least 4 members (excludes halogenated alkanes) is 4. The van der Waals surface area contributed by atoms with Crippen molar-refractivity contribution in [3.05, 3.63) is 0 Å². The highest BCUT2D eigenvalue weighted by Gasteiger charge is 2.38. The van der Waals surface area contributed by atoms with Crippen LogP contribution in [-0.4, -0.2) is 11.8 Å². The predicted molar refractivity (Wildman–Crippen MR) is 71.6 cm³/mol. The number of hydrogen-bond acceptors (Lipinski definition) is 2. The monoisotopic (exact) mass is 254 g/mol. The molecule has 1 saturated carbocycles. The minimum Gasteiger partial charge on any atom is -0.370 e. The predicted octanol–water partition coefficient (Wildman–Crippen LogP) is 2.25. The van der Waals surface area contributed by atoms with Crippen LogP contribution in [0.2, 0.25) is 0 Å². The van der Waals surface area contributed by atoms with Gasteiger partial charge in [-0.3, -0.25) is 9.59 Å². The van der Waals surface area contributed by atoms with Crippen LogP contribution in [-0.2, 0) is 9.59 Å². The lowest BCUT2D eigenvalue weighted by Crippen LogP contribution is -2.34. The Morgan fingerprint density at radius 2 is 1.44 bits per heavy atom. The molecule has 0 aromatic rings. The summed E-state index contributed by atoms with van der Waals surface area (Å²) in [5.41, 5.74) is 10.4. The molecule has 0 saturated heterocycles. The highest BCUT2D eigenvalue weighted by Crippen LogP contribution is 2.42. The Labute approximate surface area is 109 Å². The molecule has 1 fully saturated rings. The molecule has 4 heteroatoms. The number of carbonyl (C=O) groups is 2. The van der Waals surface area contributed by atoms with E-state index in [1.54, 1.807) is 0 Å². The topological polar surface area (TPSA) is 86.2 Å². The summed E-state index contributed by atoms with van der Waals surface area (Å²) in [6.07, 6.45) is 10.9. The Morgan fingerprint density at radius 3 is 2.00 bits per heavy atom. The van der Waals surface area contributed by atoms with Crippen LogP contribution in [0.25, 0.3) is 0 Å². The number of primary amides is 2. The van der Waals surface area contributed by atoms with Crippen molar-refractivity contribution in [1.82, 2.24) is 0 Å². The average Bonchev–Trinajstić information content (AvgIpc) is 2.77. The van der Waals surface area contributed by atoms with Crippen LogP contribution in [0.3, 0.4) is 0 Å². The zero-order valence-corrected chi connectivity index (χ0v) is 11.2. The summed E-state index contributed by atoms with van der Waals surface area (Å²) in [5.74, 6) is -0.317. The Bertz CT molecular complexity index is 284. The first kappa shape index (κ1) is 15.0. The number of nitrogens with two attached hydrogens (primary N) is 2. The van der Waals surface area contributed by atoms with Gasteiger partial charge in [-0.1, -0.05) is 38.5 Å². The molecule has 1 aliphatic carbocycles. The third kappa shape index (κ3) is 4.67. The van der Waals surface area contributed by atoms with E-state index in [0.29, 0.717) is 6.42 Å². The van der Waals surface area contributed by atoms with Crippen molar-refractivity contribution >= 4 is 11.8 Å². The summed E-state index contributed by atoms with van der Waals surface area (Å²) >= 11 is 0. The molecule has 18 heavy (non-hydrogen) atoms. The second kappa shape index (κ2) is 7.39. The van der Waals surface area contributed by atoms with Gasteiger partial charge in [-0.25, -0.2) is 0 Å². The molecule has 0 aliphatic heterocycles. The van der Waals surface area contributed by atoms with Crippen LogP contribution < -0.4 is 11.5 Å². The van der Waals surface area contributed by atoms with E-state index in [1.165, 1.54) is 0 Å². The molecule has 0 radical (unpaired) electrons. The summed E-state index contributed by atoms with van der Waals surface area (Å²) in [6, 6.07) is 0. The van der Waals surface area contributed by atoms with E-state index in [-0.39, 0.29) is 17.2 Å². The molecular weight excluding hydrogens is 228 g/mol. The van der Waals surface area contributed by atoms with E-state index in [0.717, 1.165) is 64.2 Å². The number of rotatable bonds is 9. The minimum atomic E-state index is -0.214. The number of hydrogen-bond donors (Lipinski definition) is 2. The molecule has 4 N–H and O–H groups in total. The molecular formula is C14H26N2O2. The summed E-state index contributed by atoms with van der Waals surface area (Å²) in [6.45, 7) is 0. The summed E-state index contributed by atoms with van der Waals surface area (Å²) in [5, 5.41) is 0. The van der Waals surface area contributed by atoms with Gasteiger partial charge in [0.2, 0.25) is 11.8 Å². The molecule has 104 valence electrons. The molecule has 1 aliphatic rings. The summed E-state index contributed by atoms with van der Waals surface area (Å²) in [7, 11) is 0. The molecule has 0 unspecified atom stereocenters. The molecule has 0 atom stereocenters. The maximum absolute atomic E-state index is 11.5. The lowest BCUT2D eigenvalue weighted by molar-refractivity contribution is -0.128. The Balaban J connectivity index is 2.09. The summed E-state index contributed by atoms with van der Waals surface area (Å²) < 4.78 is 0. The highest BCUT2D eigenvalue weighted by atomic mass is 16.1. The van der Waals surface area contributed by atoms with Gasteiger partial charge in [0.05, 0.1) is 0 Å². The third-order valence-corrected chi connectivity index (χ3v) is 4.16. The van der Waals surface area contributed by atoms with E-state index in [1.807, 2.05) is 0 Å². The van der Waals surface area contributed by atoms with Crippen molar-refractivity contribution in [2.75, 3.05) is 0 Å². The maximum Gasteiger partial charge on any atom is 0.223 e. The van der Waals surface area contributed by atoms with Gasteiger partial charge in [0.1, 0.15) is 0 Å². The van der Waals surface area contributed by atoms with Crippen molar-refractivity contribution in [2.24, 2.45) is 16.9 Å². The Hall–Kier alpha value is -1.06. The number of amides is 2. The smallest absolute Gasteiger partial charge is 0.223 e. The molecule has 0 aromatic carbocycles. The zero-order chi connectivity index (χ0) is 13.4. The van der Waals surface area contributed by atoms with Crippen molar-refractivity contribution in [3.63, 3.8) is 0 Å². The first-order valence-corrected chi connectivity index (χ1v) is 7.15. The van der Waals surface area contributed by atoms with Gasteiger partial charge in [-0.05, 0) is 25.7 Å². The average molecular weight is 254 g/mol. The molecule has 4 nitrogen and oxygen atoms in total. The second-order valence-corrected chi connectivity index (χ2v) is 5.59. The maximum atomic E-state index is 11.5. The molecule has 2 amide bonds. The fraction of sp³-hybridized carbons (Fsp3) is 0.857. The third-order valence-electron chi connectivity index (χ3n) is 4.16. The van der Waals surface area contributed by atoms with Crippen LogP contribution in [0.15, 0.2) is 0 Å². The highest BCUT2D eigenvalue weighted by molar-refractivity contribution is 5.81. The van der Waals surface area contributed by atoms with Gasteiger partial charge >= 0.3 is 0 Å². The molecule has 0 bridgehead atoms. The number of carbonyl (C=O) groups excluding carboxylic acids is 2. The van der Waals surface area contributed by atoms with Crippen LogP contribution in [0.1, 0.15) is 70.6 Å². The van der Waals surface area contributed by atoms with Gasteiger partial charge in [0.25, 0.3) is 0 Å². The molecule has 1 rings (SSSR count). The first-order chi connectivity index (χ1) is 8.57. The zero-order valence-electron chi connectivity index (χ0n) is 11.2. The van der Waals surface area contributed by atoms with Crippen molar-refractivity contribution in [1.29, 1.82) is 0 Å². The lowest BCUT2D eigenvalue weighted by atomic mass is 9.80. The van der Waals surface area contributed by atoms with E-state index in [2.05, 4.69) is 0 Å². The Kier molecular flexibility index (Phi) is 6.16. The molecule has 0 heterocycles. The second-order valence-electron chi connectivity index (χ2n) is 5.59. The fourth-order valence-corrected chi connectivity index (χ4v) is 2.96. The van der Waals surface area contributed by atoms with Crippen molar-refractivity contribution in [2.45, 2.75) is 70.6 Å². The van der Waals surface area contributed by atoms with Gasteiger partial charge in [0, 0.05) is 11.8 Å². The van der Waals surface area contributed by atoms with Crippen LogP contribution in [0, 0.1) is 5.41 Å². The van der Waals surface area contributed by atoms with Crippen molar-refractivity contribution < 1.29 is 9.59 Å². The van der Waals surface area contributed by atoms with Crippen molar-refractivity contribution in [3.8, 4) is 0 Å². The minimum absolute atomic E-state index is 0.103. The van der Waals surface area contributed by atoms with E-state index in [4.69, 9.17) is 11.5 Å². The van der Waals surface area contributed by atoms with Crippen LogP contribution >= 0.6 is 0 Å². The quantitative estimate of drug-likeness (QED) is 0.618. The van der Waals surface area contributed by atoms with E-state index >= 15 is 0 Å². The van der Waals surface area contributed by atoms with Gasteiger partial charge < -0.3 is 11.5 Å².